The number of sulfonamides is 1. The van der Waals surface area contributed by atoms with Crippen molar-refractivity contribution in [3.63, 3.8) is 0 Å². The molecular weight excluding hydrogens is 290 g/mol. The number of thiophene rings is 1. The molecule has 5 nitrogen and oxygen atoms in total. The lowest BCUT2D eigenvalue weighted by atomic mass is 10.3. The van der Waals surface area contributed by atoms with E-state index in [1.165, 1.54) is 23.0 Å². The Morgan fingerprint density at radius 3 is 2.89 bits per heavy atom. The molecule has 2 rings (SSSR count). The van der Waals surface area contributed by atoms with E-state index in [1.807, 2.05) is 0 Å². The largest absolute Gasteiger partial charge is 0.229 e. The number of rotatable bonds is 5. The number of nitrogens with two attached hydrogens (primary N) is 1. The lowest BCUT2D eigenvalue weighted by Crippen LogP contribution is -2.17. The summed E-state index contributed by atoms with van der Waals surface area (Å²) in [4.78, 5) is 10.6. The summed E-state index contributed by atoms with van der Waals surface area (Å²) in [5.74, 6) is 0.357. The maximum atomic E-state index is 10.9. The first-order chi connectivity index (χ1) is 8.49. The van der Waals surface area contributed by atoms with Crippen LogP contribution < -0.4 is 5.14 Å². The average molecular weight is 303 g/mol. The summed E-state index contributed by atoms with van der Waals surface area (Å²) in [5.41, 5.74) is 0. The zero-order chi connectivity index (χ0) is 13.2. The van der Waals surface area contributed by atoms with Gasteiger partial charge in [-0.2, -0.15) is 0 Å². The number of hydrogen-bond donors (Lipinski definition) is 1. The minimum Gasteiger partial charge on any atom is -0.229 e. The van der Waals surface area contributed by atoms with Gasteiger partial charge in [0.2, 0.25) is 10.0 Å². The maximum Gasteiger partial charge on any atom is 0.209 e. The molecule has 0 amide bonds. The molecule has 0 bridgehead atoms. The van der Waals surface area contributed by atoms with Crippen molar-refractivity contribution in [3.05, 3.63) is 17.3 Å². The third-order valence-electron chi connectivity index (χ3n) is 2.30. The van der Waals surface area contributed by atoms with E-state index < -0.39 is 10.0 Å². The molecule has 2 aromatic heterocycles. The molecule has 0 aliphatic heterocycles. The van der Waals surface area contributed by atoms with Crippen LogP contribution in [0.2, 0.25) is 0 Å². The van der Waals surface area contributed by atoms with Gasteiger partial charge in [0, 0.05) is 16.0 Å². The standard InChI is InChI=1S/C10H13N3O2S3/c1-2-7-5-8-9(12-6-13-10(8)17-7)16-3-4-18(11,14)15/h5-6H,2-4H2,1H3,(H2,11,14,15). The number of nitrogens with zero attached hydrogens (tertiary/aromatic N) is 2. The Labute approximate surface area is 114 Å². The quantitative estimate of drug-likeness (QED) is 0.670. The van der Waals surface area contributed by atoms with Gasteiger partial charge in [-0.25, -0.2) is 23.5 Å². The Kier molecular flexibility index (Phi) is 4.21. The van der Waals surface area contributed by atoms with Crippen LogP contribution in [0.4, 0.5) is 0 Å². The van der Waals surface area contributed by atoms with E-state index in [1.54, 1.807) is 11.3 Å². The fourth-order valence-corrected chi connectivity index (χ4v) is 4.32. The molecule has 0 unspecified atom stereocenters. The van der Waals surface area contributed by atoms with Gasteiger partial charge in [0.1, 0.15) is 16.2 Å². The summed E-state index contributed by atoms with van der Waals surface area (Å²) in [6.07, 6.45) is 2.47. The van der Waals surface area contributed by atoms with Crippen LogP contribution in [-0.4, -0.2) is 29.9 Å². The number of hydrogen-bond acceptors (Lipinski definition) is 6. The number of primary sulfonamides is 1. The Balaban J connectivity index is 2.20. The van der Waals surface area contributed by atoms with E-state index in [0.717, 1.165) is 21.7 Å². The van der Waals surface area contributed by atoms with Gasteiger partial charge >= 0.3 is 0 Å². The Bertz CT molecular complexity index is 651. The van der Waals surface area contributed by atoms with Crippen LogP contribution in [0.1, 0.15) is 11.8 Å². The molecule has 0 saturated carbocycles. The smallest absolute Gasteiger partial charge is 0.209 e. The van der Waals surface area contributed by atoms with Gasteiger partial charge in [-0.05, 0) is 12.5 Å². The SMILES string of the molecule is CCc1cc2c(SCCS(N)(=O)=O)ncnc2s1. The predicted molar refractivity (Wildman–Crippen MR) is 75.5 cm³/mol. The summed E-state index contributed by atoms with van der Waals surface area (Å²) in [6, 6.07) is 2.07. The van der Waals surface area contributed by atoms with E-state index in [9.17, 15) is 8.42 Å². The topological polar surface area (TPSA) is 85.9 Å². The summed E-state index contributed by atoms with van der Waals surface area (Å²) in [6.45, 7) is 2.09. The van der Waals surface area contributed by atoms with Gasteiger partial charge in [-0.1, -0.05) is 6.92 Å². The first-order valence-corrected chi connectivity index (χ1v) is 8.88. The monoisotopic (exact) mass is 303 g/mol. The number of thioether (sulfide) groups is 1. The highest BCUT2D eigenvalue weighted by Gasteiger charge is 2.10. The van der Waals surface area contributed by atoms with E-state index in [0.29, 0.717) is 5.75 Å². The lowest BCUT2D eigenvalue weighted by molar-refractivity contribution is 0.599. The molecular formula is C10H13N3O2S3. The molecule has 0 aromatic carbocycles. The molecule has 8 heteroatoms. The first kappa shape index (κ1) is 13.7. The van der Waals surface area contributed by atoms with Crippen LogP contribution in [0.15, 0.2) is 17.4 Å². The van der Waals surface area contributed by atoms with Crippen molar-refractivity contribution in [2.45, 2.75) is 18.4 Å². The molecule has 18 heavy (non-hydrogen) atoms. The Morgan fingerprint density at radius 1 is 1.44 bits per heavy atom. The second kappa shape index (κ2) is 5.52. The number of aryl methyl sites for hydroxylation is 1. The van der Waals surface area contributed by atoms with Gasteiger partial charge in [0.05, 0.1) is 5.75 Å². The van der Waals surface area contributed by atoms with E-state index in [-0.39, 0.29) is 5.75 Å². The zero-order valence-electron chi connectivity index (χ0n) is 9.79. The highest BCUT2D eigenvalue weighted by atomic mass is 32.2. The van der Waals surface area contributed by atoms with Crippen LogP contribution in [0.5, 0.6) is 0 Å². The van der Waals surface area contributed by atoms with Crippen LogP contribution in [0, 0.1) is 0 Å². The molecule has 2 aromatic rings. The van der Waals surface area contributed by atoms with Gasteiger partial charge in [-0.15, -0.1) is 23.1 Å². The second-order valence-corrected chi connectivity index (χ2v) is 7.61. The Morgan fingerprint density at radius 2 is 2.22 bits per heavy atom. The third-order valence-corrected chi connectivity index (χ3v) is 5.52. The van der Waals surface area contributed by atoms with Crippen molar-refractivity contribution < 1.29 is 8.42 Å². The van der Waals surface area contributed by atoms with Crippen molar-refractivity contribution in [1.29, 1.82) is 0 Å². The molecule has 0 atom stereocenters. The predicted octanol–water partition coefficient (Wildman–Crippen LogP) is 1.63. The summed E-state index contributed by atoms with van der Waals surface area (Å²) in [5, 5.41) is 6.78. The molecule has 0 aliphatic carbocycles. The van der Waals surface area contributed by atoms with Crippen LogP contribution in [-0.2, 0) is 16.4 Å². The summed E-state index contributed by atoms with van der Waals surface area (Å²) >= 11 is 3.04. The Hall–Kier alpha value is -0.700. The first-order valence-electron chi connectivity index (χ1n) is 5.36. The molecule has 0 aliphatic rings. The van der Waals surface area contributed by atoms with Gasteiger partial charge < -0.3 is 0 Å². The van der Waals surface area contributed by atoms with Gasteiger partial charge in [0.25, 0.3) is 0 Å². The highest BCUT2D eigenvalue weighted by Crippen LogP contribution is 2.30. The average Bonchev–Trinajstić information content (AvgIpc) is 2.71. The fraction of sp³-hybridized carbons (Fsp3) is 0.400. The fourth-order valence-electron chi connectivity index (χ4n) is 1.43. The third kappa shape index (κ3) is 3.41. The molecule has 0 radical (unpaired) electrons. The molecule has 2 heterocycles. The van der Waals surface area contributed by atoms with E-state index in [2.05, 4.69) is 23.0 Å². The van der Waals surface area contributed by atoms with E-state index >= 15 is 0 Å². The second-order valence-electron chi connectivity index (χ2n) is 3.68. The normalized spacial score (nSPS) is 12.1. The molecule has 2 N–H and O–H groups in total. The number of fused-ring (bicyclic) bond motifs is 1. The van der Waals surface area contributed by atoms with Gasteiger partial charge in [0.15, 0.2) is 0 Å². The van der Waals surface area contributed by atoms with Gasteiger partial charge in [-0.3, -0.25) is 0 Å². The summed E-state index contributed by atoms with van der Waals surface area (Å²) in [7, 11) is -3.41. The highest BCUT2D eigenvalue weighted by molar-refractivity contribution is 8.00. The van der Waals surface area contributed by atoms with Crippen molar-refractivity contribution >= 4 is 43.3 Å². The van der Waals surface area contributed by atoms with Crippen molar-refractivity contribution in [2.24, 2.45) is 5.14 Å². The van der Waals surface area contributed by atoms with Crippen molar-refractivity contribution in [3.8, 4) is 0 Å². The lowest BCUT2D eigenvalue weighted by Gasteiger charge is -2.00. The number of aromatic nitrogens is 2. The zero-order valence-corrected chi connectivity index (χ0v) is 12.2. The maximum absolute atomic E-state index is 10.9. The van der Waals surface area contributed by atoms with Crippen molar-refractivity contribution in [2.75, 3.05) is 11.5 Å². The van der Waals surface area contributed by atoms with Crippen LogP contribution >= 0.6 is 23.1 Å². The molecule has 0 fully saturated rings. The molecule has 0 spiro atoms. The summed E-state index contributed by atoms with van der Waals surface area (Å²) < 4.78 is 21.7. The van der Waals surface area contributed by atoms with E-state index in [4.69, 9.17) is 5.14 Å². The molecule has 98 valence electrons. The van der Waals surface area contributed by atoms with Crippen molar-refractivity contribution in [1.82, 2.24) is 9.97 Å². The molecule has 0 saturated heterocycles. The van der Waals surface area contributed by atoms with Crippen LogP contribution in [0.25, 0.3) is 10.2 Å². The minimum absolute atomic E-state index is 0.0477. The minimum atomic E-state index is -3.41. The van der Waals surface area contributed by atoms with Crippen LogP contribution in [0.3, 0.4) is 0 Å².